The molecule has 0 fully saturated rings. The molecule has 0 heterocycles. The minimum atomic E-state index is -0.458. The van der Waals surface area contributed by atoms with Gasteiger partial charge in [-0.1, -0.05) is 58.6 Å². The molecule has 1 aromatic carbocycles. The van der Waals surface area contributed by atoms with E-state index < -0.39 is 11.9 Å². The van der Waals surface area contributed by atoms with Crippen LogP contribution < -0.4 is 0 Å². The highest BCUT2D eigenvalue weighted by atomic mass is 16.5. The van der Waals surface area contributed by atoms with Crippen LogP contribution in [0.2, 0.25) is 0 Å². The van der Waals surface area contributed by atoms with Crippen molar-refractivity contribution in [3.63, 3.8) is 0 Å². The van der Waals surface area contributed by atoms with Gasteiger partial charge in [-0.15, -0.1) is 0 Å². The zero-order valence-corrected chi connectivity index (χ0v) is 16.8. The summed E-state index contributed by atoms with van der Waals surface area (Å²) in [4.78, 5) is 24.8. The summed E-state index contributed by atoms with van der Waals surface area (Å²) in [7, 11) is 0. The molecule has 0 saturated carbocycles. The van der Waals surface area contributed by atoms with Crippen LogP contribution in [0.5, 0.6) is 0 Å². The summed E-state index contributed by atoms with van der Waals surface area (Å²) in [6.45, 7) is 8.78. The molecule has 26 heavy (non-hydrogen) atoms. The van der Waals surface area contributed by atoms with E-state index in [1.54, 1.807) is 24.3 Å². The van der Waals surface area contributed by atoms with Gasteiger partial charge in [-0.3, -0.25) is 0 Å². The van der Waals surface area contributed by atoms with Crippen LogP contribution in [-0.4, -0.2) is 24.6 Å². The van der Waals surface area contributed by atoms with Crippen LogP contribution in [0.25, 0.3) is 0 Å². The SMILES string of the molecule is CCCCCCOC(=O)c1ccccc1C(=O)OC(C)CCCC(C)C. The first-order valence-corrected chi connectivity index (χ1v) is 9.92. The van der Waals surface area contributed by atoms with Gasteiger partial charge < -0.3 is 9.47 Å². The van der Waals surface area contributed by atoms with E-state index in [1.165, 1.54) is 0 Å². The Morgan fingerprint density at radius 2 is 1.54 bits per heavy atom. The molecule has 1 rings (SSSR count). The van der Waals surface area contributed by atoms with E-state index in [4.69, 9.17) is 9.47 Å². The molecule has 0 radical (unpaired) electrons. The molecule has 4 heteroatoms. The molecule has 0 spiro atoms. The summed E-state index contributed by atoms with van der Waals surface area (Å²) in [5, 5.41) is 0. The summed E-state index contributed by atoms with van der Waals surface area (Å²) in [5.74, 6) is -0.271. The molecule has 0 saturated heterocycles. The molecule has 1 aromatic rings. The summed E-state index contributed by atoms with van der Waals surface area (Å²) in [5.41, 5.74) is 0.559. The quantitative estimate of drug-likeness (QED) is 0.348. The van der Waals surface area contributed by atoms with Crippen molar-refractivity contribution in [2.45, 2.75) is 78.7 Å². The summed E-state index contributed by atoms with van der Waals surface area (Å²) >= 11 is 0. The van der Waals surface area contributed by atoms with Gasteiger partial charge in [0.05, 0.1) is 23.8 Å². The van der Waals surface area contributed by atoms with Gasteiger partial charge in [-0.25, -0.2) is 9.59 Å². The number of hydrogen-bond acceptors (Lipinski definition) is 4. The Labute approximate surface area is 158 Å². The molecule has 0 N–H and O–H groups in total. The molecule has 0 aliphatic rings. The molecule has 1 atom stereocenters. The topological polar surface area (TPSA) is 52.6 Å². The van der Waals surface area contributed by atoms with Crippen LogP contribution in [0.4, 0.5) is 0 Å². The second kappa shape index (κ2) is 12.5. The van der Waals surface area contributed by atoms with E-state index in [0.717, 1.165) is 44.9 Å². The van der Waals surface area contributed by atoms with Gasteiger partial charge in [0.15, 0.2) is 0 Å². The number of rotatable bonds is 12. The number of benzene rings is 1. The average molecular weight is 363 g/mol. The predicted molar refractivity (Wildman–Crippen MR) is 104 cm³/mol. The van der Waals surface area contributed by atoms with Gasteiger partial charge in [0.25, 0.3) is 0 Å². The number of hydrogen-bond donors (Lipinski definition) is 0. The molecular formula is C22H34O4. The first-order valence-electron chi connectivity index (χ1n) is 9.92. The average Bonchev–Trinajstić information content (AvgIpc) is 2.61. The minimum Gasteiger partial charge on any atom is -0.462 e. The van der Waals surface area contributed by atoms with Crippen molar-refractivity contribution < 1.29 is 19.1 Å². The highest BCUT2D eigenvalue weighted by Crippen LogP contribution is 2.16. The first kappa shape index (κ1) is 22.2. The molecule has 0 aliphatic carbocycles. The van der Waals surface area contributed by atoms with Crippen molar-refractivity contribution in [1.29, 1.82) is 0 Å². The van der Waals surface area contributed by atoms with Crippen molar-refractivity contribution >= 4 is 11.9 Å². The number of unbranched alkanes of at least 4 members (excludes halogenated alkanes) is 3. The van der Waals surface area contributed by atoms with E-state index >= 15 is 0 Å². The lowest BCUT2D eigenvalue weighted by atomic mass is 10.0. The van der Waals surface area contributed by atoms with Gasteiger partial charge >= 0.3 is 11.9 Å². The molecule has 0 amide bonds. The van der Waals surface area contributed by atoms with Crippen LogP contribution in [0, 0.1) is 5.92 Å². The molecule has 4 nitrogen and oxygen atoms in total. The highest BCUT2D eigenvalue weighted by molar-refractivity contribution is 6.03. The third kappa shape index (κ3) is 8.50. The number of ether oxygens (including phenoxy) is 2. The standard InChI is InChI=1S/C22H34O4/c1-5-6-7-10-16-25-21(23)19-14-8-9-15-20(19)22(24)26-18(4)13-11-12-17(2)3/h8-9,14-15,17-18H,5-7,10-13,16H2,1-4H3. The zero-order chi connectivity index (χ0) is 19.4. The normalized spacial score (nSPS) is 12.0. The molecule has 146 valence electrons. The Morgan fingerprint density at radius 3 is 2.15 bits per heavy atom. The maximum atomic E-state index is 12.5. The molecular weight excluding hydrogens is 328 g/mol. The monoisotopic (exact) mass is 362 g/mol. The minimum absolute atomic E-state index is 0.167. The van der Waals surface area contributed by atoms with Crippen LogP contribution in [-0.2, 0) is 9.47 Å². The van der Waals surface area contributed by atoms with Crippen LogP contribution in [0.15, 0.2) is 24.3 Å². The van der Waals surface area contributed by atoms with E-state index in [0.29, 0.717) is 12.5 Å². The number of esters is 2. The van der Waals surface area contributed by atoms with E-state index in [1.807, 2.05) is 6.92 Å². The number of carbonyl (C=O) groups is 2. The van der Waals surface area contributed by atoms with E-state index in [2.05, 4.69) is 20.8 Å². The summed E-state index contributed by atoms with van der Waals surface area (Å²) in [6, 6.07) is 6.71. The first-order chi connectivity index (χ1) is 12.5. The van der Waals surface area contributed by atoms with Gasteiger partial charge in [-0.05, 0) is 44.2 Å². The Morgan fingerprint density at radius 1 is 0.885 bits per heavy atom. The second-order valence-corrected chi connectivity index (χ2v) is 7.28. The third-order valence-corrected chi connectivity index (χ3v) is 4.30. The second-order valence-electron chi connectivity index (χ2n) is 7.28. The van der Waals surface area contributed by atoms with Gasteiger partial charge in [0.1, 0.15) is 0 Å². The molecule has 1 unspecified atom stereocenters. The third-order valence-electron chi connectivity index (χ3n) is 4.30. The maximum Gasteiger partial charge on any atom is 0.339 e. The Bertz CT molecular complexity index is 551. The van der Waals surface area contributed by atoms with Crippen molar-refractivity contribution in [3.05, 3.63) is 35.4 Å². The summed E-state index contributed by atoms with van der Waals surface area (Å²) < 4.78 is 10.8. The smallest absolute Gasteiger partial charge is 0.339 e. The lowest BCUT2D eigenvalue weighted by molar-refractivity contribution is 0.0306. The Kier molecular flexibility index (Phi) is 10.7. The van der Waals surface area contributed by atoms with Crippen LogP contribution in [0.1, 0.15) is 93.4 Å². The fraction of sp³-hybridized carbons (Fsp3) is 0.636. The number of carbonyl (C=O) groups excluding carboxylic acids is 2. The van der Waals surface area contributed by atoms with Crippen molar-refractivity contribution in [1.82, 2.24) is 0 Å². The Balaban J connectivity index is 2.58. The molecule has 0 aliphatic heterocycles. The van der Waals surface area contributed by atoms with Crippen molar-refractivity contribution in [3.8, 4) is 0 Å². The van der Waals surface area contributed by atoms with E-state index in [9.17, 15) is 9.59 Å². The lowest BCUT2D eigenvalue weighted by Crippen LogP contribution is -2.19. The van der Waals surface area contributed by atoms with Gasteiger partial charge in [0, 0.05) is 0 Å². The Hall–Kier alpha value is -1.84. The summed E-state index contributed by atoms with van der Waals surface area (Å²) in [6.07, 6.45) is 6.96. The van der Waals surface area contributed by atoms with Crippen LogP contribution in [0.3, 0.4) is 0 Å². The van der Waals surface area contributed by atoms with Gasteiger partial charge in [0.2, 0.25) is 0 Å². The van der Waals surface area contributed by atoms with Crippen molar-refractivity contribution in [2.75, 3.05) is 6.61 Å². The van der Waals surface area contributed by atoms with Crippen LogP contribution >= 0.6 is 0 Å². The largest absolute Gasteiger partial charge is 0.462 e. The highest BCUT2D eigenvalue weighted by Gasteiger charge is 2.20. The van der Waals surface area contributed by atoms with E-state index in [-0.39, 0.29) is 17.2 Å². The lowest BCUT2D eigenvalue weighted by Gasteiger charge is -2.15. The maximum absolute atomic E-state index is 12.5. The fourth-order valence-electron chi connectivity index (χ4n) is 2.73. The molecule has 0 bridgehead atoms. The molecule has 0 aromatic heterocycles. The van der Waals surface area contributed by atoms with Crippen molar-refractivity contribution in [2.24, 2.45) is 5.92 Å². The predicted octanol–water partition coefficient (Wildman–Crippen LogP) is 5.80. The fourth-order valence-corrected chi connectivity index (χ4v) is 2.73. The van der Waals surface area contributed by atoms with Gasteiger partial charge in [-0.2, -0.15) is 0 Å². The zero-order valence-electron chi connectivity index (χ0n) is 16.8.